The van der Waals surface area contributed by atoms with Gasteiger partial charge in [0.15, 0.2) is 0 Å². The highest BCUT2D eigenvalue weighted by molar-refractivity contribution is 5.33. The Balaban J connectivity index is 1.81. The highest BCUT2D eigenvalue weighted by atomic mass is 16.5. The van der Waals surface area contributed by atoms with Crippen LogP contribution in [-0.2, 0) is 13.2 Å². The minimum atomic E-state index is 0.521. The van der Waals surface area contributed by atoms with Gasteiger partial charge in [-0.15, -0.1) is 0 Å². The Bertz CT molecular complexity index is 593. The summed E-state index contributed by atoms with van der Waals surface area (Å²) in [7, 11) is 0. The monoisotopic (exact) mass is 295 g/mol. The number of pyridine rings is 1. The summed E-state index contributed by atoms with van der Waals surface area (Å²) in [6.45, 7) is 2.21. The maximum absolute atomic E-state index is 8.50. The summed E-state index contributed by atoms with van der Waals surface area (Å²) in [5.74, 6) is 0.899. The predicted molar refractivity (Wildman–Crippen MR) is 86.2 cm³/mol. The van der Waals surface area contributed by atoms with Crippen molar-refractivity contribution in [3.8, 4) is 11.8 Å². The van der Waals surface area contributed by atoms with Crippen molar-refractivity contribution in [1.82, 2.24) is 10.3 Å². The van der Waals surface area contributed by atoms with E-state index in [1.165, 1.54) is 0 Å². The van der Waals surface area contributed by atoms with Gasteiger partial charge in [-0.3, -0.25) is 4.98 Å². The maximum Gasteiger partial charge on any atom is 0.124 e. The van der Waals surface area contributed by atoms with Crippen LogP contribution in [0.15, 0.2) is 48.8 Å². The van der Waals surface area contributed by atoms with Crippen molar-refractivity contribution in [2.45, 2.75) is 32.4 Å². The summed E-state index contributed by atoms with van der Waals surface area (Å²) in [5, 5.41) is 11.9. The van der Waals surface area contributed by atoms with Crippen LogP contribution < -0.4 is 10.1 Å². The number of benzene rings is 1. The molecule has 0 amide bonds. The number of para-hydroxylation sites is 1. The highest BCUT2D eigenvalue weighted by Crippen LogP contribution is 2.19. The van der Waals surface area contributed by atoms with Gasteiger partial charge in [0, 0.05) is 36.5 Å². The SMILES string of the molecule is N#CCCCCNCc1ccccc1OCc1cccnc1. The topological polar surface area (TPSA) is 57.9 Å². The van der Waals surface area contributed by atoms with E-state index < -0.39 is 0 Å². The van der Waals surface area contributed by atoms with E-state index in [0.717, 1.165) is 42.8 Å². The third-order valence-corrected chi connectivity index (χ3v) is 3.30. The molecule has 1 heterocycles. The molecule has 0 bridgehead atoms. The van der Waals surface area contributed by atoms with E-state index >= 15 is 0 Å². The van der Waals surface area contributed by atoms with Crippen LogP contribution in [0.2, 0.25) is 0 Å². The second kappa shape index (κ2) is 9.54. The van der Waals surface area contributed by atoms with Crippen molar-refractivity contribution in [1.29, 1.82) is 5.26 Å². The quantitative estimate of drug-likeness (QED) is 0.720. The van der Waals surface area contributed by atoms with Crippen molar-refractivity contribution in [2.24, 2.45) is 0 Å². The van der Waals surface area contributed by atoms with Crippen LogP contribution in [0.4, 0.5) is 0 Å². The van der Waals surface area contributed by atoms with Crippen LogP contribution in [0.25, 0.3) is 0 Å². The van der Waals surface area contributed by atoms with Gasteiger partial charge >= 0.3 is 0 Å². The normalized spacial score (nSPS) is 10.1. The number of nitrogens with one attached hydrogen (secondary N) is 1. The van der Waals surface area contributed by atoms with E-state index in [-0.39, 0.29) is 0 Å². The van der Waals surface area contributed by atoms with Gasteiger partial charge in [-0.1, -0.05) is 24.3 Å². The number of rotatable bonds is 9. The zero-order valence-electron chi connectivity index (χ0n) is 12.7. The van der Waals surface area contributed by atoms with Crippen molar-refractivity contribution in [3.05, 3.63) is 59.9 Å². The molecule has 0 spiro atoms. The van der Waals surface area contributed by atoms with Gasteiger partial charge in [0.2, 0.25) is 0 Å². The zero-order valence-corrected chi connectivity index (χ0v) is 12.7. The molecule has 4 heteroatoms. The van der Waals surface area contributed by atoms with Crippen LogP contribution in [0.1, 0.15) is 30.4 Å². The Kier molecular flexibility index (Phi) is 6.94. The molecule has 0 fully saturated rings. The van der Waals surface area contributed by atoms with E-state index in [4.69, 9.17) is 10.00 Å². The molecule has 114 valence electrons. The lowest BCUT2D eigenvalue weighted by Gasteiger charge is -2.12. The standard InChI is InChI=1S/C18H21N3O/c19-10-4-1-5-11-21-14-17-8-2-3-9-18(17)22-15-16-7-6-12-20-13-16/h2-3,6-9,12-13,21H,1,4-5,11,14-15H2. The molecule has 2 aromatic rings. The summed E-state index contributed by atoms with van der Waals surface area (Å²) in [4.78, 5) is 4.09. The molecule has 0 radical (unpaired) electrons. The first-order chi connectivity index (χ1) is 10.9. The van der Waals surface area contributed by atoms with Crippen LogP contribution >= 0.6 is 0 Å². The highest BCUT2D eigenvalue weighted by Gasteiger charge is 2.03. The molecule has 0 unspecified atom stereocenters. The van der Waals surface area contributed by atoms with Crippen LogP contribution in [0.5, 0.6) is 5.75 Å². The molecule has 1 N–H and O–H groups in total. The molecule has 0 aliphatic heterocycles. The van der Waals surface area contributed by atoms with Gasteiger partial charge in [-0.2, -0.15) is 5.26 Å². The number of nitrogens with zero attached hydrogens (tertiary/aromatic N) is 2. The minimum absolute atomic E-state index is 0.521. The first kappa shape index (κ1) is 16.0. The first-order valence-electron chi connectivity index (χ1n) is 7.57. The van der Waals surface area contributed by atoms with Gasteiger partial charge in [0.05, 0.1) is 6.07 Å². The second-order valence-corrected chi connectivity index (χ2v) is 5.05. The fourth-order valence-corrected chi connectivity index (χ4v) is 2.11. The summed E-state index contributed by atoms with van der Waals surface area (Å²) in [6.07, 6.45) is 6.17. The Labute approximate surface area is 131 Å². The van der Waals surface area contributed by atoms with Gasteiger partial charge in [0.1, 0.15) is 12.4 Å². The molecule has 0 aliphatic carbocycles. The number of aromatic nitrogens is 1. The van der Waals surface area contributed by atoms with Crippen molar-refractivity contribution in [3.63, 3.8) is 0 Å². The third kappa shape index (κ3) is 5.55. The van der Waals surface area contributed by atoms with E-state index in [1.54, 1.807) is 6.20 Å². The second-order valence-electron chi connectivity index (χ2n) is 5.05. The number of ether oxygens (including phenoxy) is 1. The van der Waals surface area contributed by atoms with Crippen molar-refractivity contribution in [2.75, 3.05) is 6.54 Å². The van der Waals surface area contributed by atoms with E-state index in [0.29, 0.717) is 13.0 Å². The Morgan fingerprint density at radius 2 is 2.05 bits per heavy atom. The van der Waals surface area contributed by atoms with Crippen molar-refractivity contribution < 1.29 is 4.74 Å². The fourth-order valence-electron chi connectivity index (χ4n) is 2.11. The molecule has 4 nitrogen and oxygen atoms in total. The molecule has 0 saturated carbocycles. The number of nitriles is 1. The first-order valence-corrected chi connectivity index (χ1v) is 7.57. The van der Waals surface area contributed by atoms with Crippen molar-refractivity contribution >= 4 is 0 Å². The lowest BCUT2D eigenvalue weighted by Crippen LogP contribution is -2.15. The molecule has 22 heavy (non-hydrogen) atoms. The number of unbranched alkanes of at least 4 members (excludes halogenated alkanes) is 2. The fraction of sp³-hybridized carbons (Fsp3) is 0.333. The van der Waals surface area contributed by atoms with Crippen LogP contribution in [0.3, 0.4) is 0 Å². The lowest BCUT2D eigenvalue weighted by molar-refractivity contribution is 0.301. The predicted octanol–water partition coefficient (Wildman–Crippen LogP) is 3.44. The summed E-state index contributed by atoms with van der Waals surface area (Å²) >= 11 is 0. The molecule has 0 saturated heterocycles. The van der Waals surface area contributed by atoms with Crippen LogP contribution in [0, 0.1) is 11.3 Å². The Morgan fingerprint density at radius 1 is 1.14 bits per heavy atom. The largest absolute Gasteiger partial charge is 0.489 e. The molecule has 1 aromatic carbocycles. The van der Waals surface area contributed by atoms with E-state index in [1.807, 2.05) is 36.5 Å². The summed E-state index contributed by atoms with van der Waals surface area (Å²) in [5.41, 5.74) is 2.20. The molecule has 0 aliphatic rings. The third-order valence-electron chi connectivity index (χ3n) is 3.30. The molecule has 0 atom stereocenters. The maximum atomic E-state index is 8.50. The minimum Gasteiger partial charge on any atom is -0.489 e. The molecular formula is C18H21N3O. The van der Waals surface area contributed by atoms with Crippen LogP contribution in [-0.4, -0.2) is 11.5 Å². The Hall–Kier alpha value is -2.38. The van der Waals surface area contributed by atoms with E-state index in [9.17, 15) is 0 Å². The molecule has 1 aromatic heterocycles. The van der Waals surface area contributed by atoms with Gasteiger partial charge < -0.3 is 10.1 Å². The van der Waals surface area contributed by atoms with Gasteiger partial charge in [0.25, 0.3) is 0 Å². The lowest BCUT2D eigenvalue weighted by atomic mass is 10.2. The molecule has 2 rings (SSSR count). The van der Waals surface area contributed by atoms with Gasteiger partial charge in [-0.25, -0.2) is 0 Å². The smallest absolute Gasteiger partial charge is 0.124 e. The Morgan fingerprint density at radius 3 is 2.86 bits per heavy atom. The number of hydrogen-bond acceptors (Lipinski definition) is 4. The van der Waals surface area contributed by atoms with Gasteiger partial charge in [-0.05, 0) is 31.5 Å². The zero-order chi connectivity index (χ0) is 15.5. The summed E-state index contributed by atoms with van der Waals surface area (Å²) < 4.78 is 5.90. The average Bonchev–Trinajstić information content (AvgIpc) is 2.58. The summed E-state index contributed by atoms with van der Waals surface area (Å²) in [6, 6.07) is 14.1. The molecular weight excluding hydrogens is 274 g/mol. The number of hydrogen-bond donors (Lipinski definition) is 1. The van der Waals surface area contributed by atoms with E-state index in [2.05, 4.69) is 22.4 Å². The average molecular weight is 295 g/mol.